The summed E-state index contributed by atoms with van der Waals surface area (Å²) in [5, 5.41) is 18.8. The fourth-order valence-electron chi connectivity index (χ4n) is 1.25. The lowest BCUT2D eigenvalue weighted by Gasteiger charge is -2.12. The fourth-order valence-corrected chi connectivity index (χ4v) is 1.25. The molecule has 96 valence electrons. The number of hydrogen-bond acceptors (Lipinski definition) is 4. The zero-order valence-corrected chi connectivity index (χ0v) is 8.20. The highest BCUT2D eigenvalue weighted by Crippen LogP contribution is 2.42. The van der Waals surface area contributed by atoms with E-state index in [2.05, 4.69) is 4.98 Å². The van der Waals surface area contributed by atoms with Gasteiger partial charge in [-0.3, -0.25) is 0 Å². The maximum atomic E-state index is 12.6. The highest BCUT2D eigenvalue weighted by molar-refractivity contribution is 5.50. The number of nitriles is 1. The molecule has 0 atom stereocenters. The fraction of sp³-hybridized carbons (Fsp3) is 0.250. The number of halogens is 5. The van der Waals surface area contributed by atoms with Crippen molar-refractivity contribution in [1.29, 1.82) is 5.26 Å². The Labute approximate surface area is 95.6 Å². The van der Waals surface area contributed by atoms with Crippen LogP contribution >= 0.6 is 0 Å². The summed E-state index contributed by atoms with van der Waals surface area (Å²) in [4.78, 5) is 11.6. The number of pyridine rings is 1. The number of nitro groups is 1. The molecular weight excluding hydrogens is 265 g/mol. The van der Waals surface area contributed by atoms with Crippen molar-refractivity contribution in [2.24, 2.45) is 0 Å². The van der Waals surface area contributed by atoms with Gasteiger partial charge in [-0.1, -0.05) is 0 Å². The van der Waals surface area contributed by atoms with Crippen LogP contribution in [0.5, 0.6) is 0 Å². The van der Waals surface area contributed by atoms with Crippen molar-refractivity contribution in [3.8, 4) is 6.07 Å². The van der Waals surface area contributed by atoms with Crippen LogP contribution in [0.15, 0.2) is 6.20 Å². The van der Waals surface area contributed by atoms with Gasteiger partial charge in [0.15, 0.2) is 11.8 Å². The molecule has 0 saturated heterocycles. The first-order valence-electron chi connectivity index (χ1n) is 4.12. The first-order valence-corrected chi connectivity index (χ1v) is 4.12. The molecule has 0 aliphatic carbocycles. The first kappa shape index (κ1) is 13.8. The highest BCUT2D eigenvalue weighted by atomic mass is 19.4. The average Bonchev–Trinajstić information content (AvgIpc) is 2.25. The van der Waals surface area contributed by atoms with Gasteiger partial charge in [0.2, 0.25) is 0 Å². The van der Waals surface area contributed by atoms with Gasteiger partial charge in [-0.25, -0.2) is 8.78 Å². The molecule has 1 heterocycles. The Hall–Kier alpha value is -2.31. The Morgan fingerprint density at radius 3 is 2.33 bits per heavy atom. The lowest BCUT2D eigenvalue weighted by Crippen LogP contribution is -2.15. The third-order valence-electron chi connectivity index (χ3n) is 1.89. The summed E-state index contributed by atoms with van der Waals surface area (Å²) in [6, 6.07) is 1.09. The number of aromatic nitrogens is 1. The molecule has 0 aliphatic rings. The van der Waals surface area contributed by atoms with E-state index in [0.29, 0.717) is 6.20 Å². The van der Waals surface area contributed by atoms with E-state index in [-0.39, 0.29) is 0 Å². The second kappa shape index (κ2) is 4.52. The Bertz CT molecular complexity index is 535. The van der Waals surface area contributed by atoms with E-state index in [9.17, 15) is 32.1 Å². The summed E-state index contributed by atoms with van der Waals surface area (Å²) >= 11 is 0. The van der Waals surface area contributed by atoms with Crippen molar-refractivity contribution in [1.82, 2.24) is 4.98 Å². The van der Waals surface area contributed by atoms with Gasteiger partial charge in [-0.05, 0) is 9.91 Å². The Morgan fingerprint density at radius 2 is 2.00 bits per heavy atom. The van der Waals surface area contributed by atoms with Crippen LogP contribution in [0, 0.1) is 21.4 Å². The van der Waals surface area contributed by atoms with Gasteiger partial charge in [0.05, 0.1) is 5.56 Å². The van der Waals surface area contributed by atoms with Crippen LogP contribution in [0.1, 0.15) is 23.1 Å². The molecule has 0 radical (unpaired) electrons. The summed E-state index contributed by atoms with van der Waals surface area (Å²) in [5.41, 5.74) is -4.98. The molecule has 1 aromatic rings. The van der Waals surface area contributed by atoms with Crippen LogP contribution in [-0.2, 0) is 6.18 Å². The van der Waals surface area contributed by atoms with Crippen LogP contribution in [-0.4, -0.2) is 9.91 Å². The standard InChI is InChI=1S/C8H2F5N3O2/c9-6(10)4-3(1-14)2-15-7(16(17)18)5(4)8(11,12)13/h2,6H. The molecule has 0 spiro atoms. The molecule has 1 rings (SSSR count). The number of hydrogen-bond donors (Lipinski definition) is 0. The zero-order valence-electron chi connectivity index (χ0n) is 8.20. The minimum absolute atomic E-state index is 0.314. The van der Waals surface area contributed by atoms with E-state index in [0.717, 1.165) is 6.07 Å². The highest BCUT2D eigenvalue weighted by Gasteiger charge is 2.45. The van der Waals surface area contributed by atoms with Crippen LogP contribution in [0.25, 0.3) is 0 Å². The summed E-state index contributed by atoms with van der Waals surface area (Å²) in [6.45, 7) is 0. The van der Waals surface area contributed by atoms with E-state index >= 15 is 0 Å². The molecule has 0 unspecified atom stereocenters. The SMILES string of the molecule is N#Cc1cnc([N+](=O)[O-])c(C(F)(F)F)c1C(F)F. The quantitative estimate of drug-likeness (QED) is 0.468. The predicted octanol–water partition coefficient (Wildman–Crippen LogP) is 2.82. The molecule has 0 amide bonds. The largest absolute Gasteiger partial charge is 0.425 e. The van der Waals surface area contributed by atoms with Crippen LogP contribution < -0.4 is 0 Å². The normalized spacial score (nSPS) is 11.4. The average molecular weight is 267 g/mol. The van der Waals surface area contributed by atoms with Gasteiger partial charge in [0, 0.05) is 0 Å². The van der Waals surface area contributed by atoms with Gasteiger partial charge in [0.25, 0.3) is 6.43 Å². The molecule has 0 N–H and O–H groups in total. The van der Waals surface area contributed by atoms with Crippen LogP contribution in [0.2, 0.25) is 0 Å². The molecular formula is C8H2F5N3O2. The monoisotopic (exact) mass is 267 g/mol. The summed E-state index contributed by atoms with van der Waals surface area (Å²) in [6.07, 6.45) is -8.78. The van der Waals surface area contributed by atoms with E-state index in [1.165, 1.54) is 0 Å². The molecule has 0 saturated carbocycles. The minimum Gasteiger partial charge on any atom is -0.358 e. The van der Waals surface area contributed by atoms with Gasteiger partial charge >= 0.3 is 12.0 Å². The van der Waals surface area contributed by atoms with Crippen LogP contribution in [0.4, 0.5) is 27.8 Å². The lowest BCUT2D eigenvalue weighted by atomic mass is 10.0. The first-order chi connectivity index (χ1) is 8.20. The Morgan fingerprint density at radius 1 is 1.44 bits per heavy atom. The number of nitrogens with zero attached hydrogens (tertiary/aromatic N) is 3. The van der Waals surface area contributed by atoms with Crippen molar-refractivity contribution in [2.75, 3.05) is 0 Å². The van der Waals surface area contributed by atoms with Gasteiger partial charge in [-0.2, -0.15) is 18.4 Å². The lowest BCUT2D eigenvalue weighted by molar-refractivity contribution is -0.393. The molecule has 1 aromatic heterocycles. The Kier molecular flexibility index (Phi) is 3.45. The van der Waals surface area contributed by atoms with Crippen molar-refractivity contribution >= 4 is 5.82 Å². The molecule has 0 bridgehead atoms. The van der Waals surface area contributed by atoms with Crippen LogP contribution in [0.3, 0.4) is 0 Å². The van der Waals surface area contributed by atoms with Crippen molar-refractivity contribution in [3.63, 3.8) is 0 Å². The zero-order chi connectivity index (χ0) is 14.1. The van der Waals surface area contributed by atoms with E-state index < -0.39 is 40.0 Å². The maximum Gasteiger partial charge on any atom is 0.425 e. The number of rotatable bonds is 2. The summed E-state index contributed by atoms with van der Waals surface area (Å²) in [5.74, 6) is -1.75. The summed E-state index contributed by atoms with van der Waals surface area (Å²) in [7, 11) is 0. The number of alkyl halides is 5. The second-order valence-electron chi connectivity index (χ2n) is 2.95. The topological polar surface area (TPSA) is 79.8 Å². The van der Waals surface area contributed by atoms with Crippen molar-refractivity contribution in [3.05, 3.63) is 33.0 Å². The van der Waals surface area contributed by atoms with E-state index in [1.807, 2.05) is 0 Å². The van der Waals surface area contributed by atoms with E-state index in [4.69, 9.17) is 5.26 Å². The second-order valence-corrected chi connectivity index (χ2v) is 2.95. The third kappa shape index (κ3) is 2.34. The molecule has 18 heavy (non-hydrogen) atoms. The molecule has 5 nitrogen and oxygen atoms in total. The molecule has 10 heteroatoms. The smallest absolute Gasteiger partial charge is 0.358 e. The van der Waals surface area contributed by atoms with Gasteiger partial charge in [-0.15, -0.1) is 0 Å². The maximum absolute atomic E-state index is 12.6. The molecule has 0 aliphatic heterocycles. The van der Waals surface area contributed by atoms with Gasteiger partial charge in [0.1, 0.15) is 11.6 Å². The molecule has 0 fully saturated rings. The van der Waals surface area contributed by atoms with E-state index in [1.54, 1.807) is 0 Å². The van der Waals surface area contributed by atoms with Crippen molar-refractivity contribution < 1.29 is 26.9 Å². The third-order valence-corrected chi connectivity index (χ3v) is 1.89. The van der Waals surface area contributed by atoms with Gasteiger partial charge < -0.3 is 10.1 Å². The minimum atomic E-state index is -5.41. The van der Waals surface area contributed by atoms with Crippen molar-refractivity contribution in [2.45, 2.75) is 12.6 Å². The predicted molar refractivity (Wildman–Crippen MR) is 45.6 cm³/mol. The Balaban J connectivity index is 3.79. The molecule has 0 aromatic carbocycles. The summed E-state index contributed by atoms with van der Waals surface area (Å²) < 4.78 is 62.8.